The summed E-state index contributed by atoms with van der Waals surface area (Å²) in [6.45, 7) is 7.37. The van der Waals surface area contributed by atoms with Crippen LogP contribution in [0.1, 0.15) is 168 Å². The Morgan fingerprint density at radius 2 is 0.684 bits per heavy atom. The number of carboxylic acids is 2. The molecule has 0 N–H and O–H groups in total. The van der Waals surface area contributed by atoms with Crippen molar-refractivity contribution in [2.24, 2.45) is 0 Å². The number of carbonyl (C=O) groups excluding carboxylic acids is 2. The van der Waals surface area contributed by atoms with Gasteiger partial charge in [-0.15, -0.1) is 0 Å². The van der Waals surface area contributed by atoms with Gasteiger partial charge in [-0.2, -0.15) is 0 Å². The molecule has 0 atom stereocenters. The first-order valence-electron chi connectivity index (χ1n) is 16.0. The minimum Gasteiger partial charge on any atom is -0.550 e. The standard InChI is InChI=1S/C26H56N.C6H10O4.Na/c1-5-7-9-11-13-15-17-19-21-23-25-27(3,4)26-24-22-20-18-16-14-12-10-8-6-2;7-5(8)3-1-2-4-6(9)10;/h5-26H2,1-4H3;1-4H2,(H,7,8)(H,9,10);/q+1;;+1/p-2. The van der Waals surface area contributed by atoms with Crippen LogP contribution in [0.15, 0.2) is 0 Å². The molecule has 0 aliphatic heterocycles. The van der Waals surface area contributed by atoms with E-state index in [1.54, 1.807) is 0 Å². The van der Waals surface area contributed by atoms with E-state index in [-0.39, 0.29) is 42.4 Å². The van der Waals surface area contributed by atoms with Crippen LogP contribution in [0.5, 0.6) is 0 Å². The van der Waals surface area contributed by atoms with Crippen LogP contribution in [0.2, 0.25) is 0 Å². The van der Waals surface area contributed by atoms with E-state index in [2.05, 4.69) is 27.9 Å². The third-order valence-electron chi connectivity index (χ3n) is 7.25. The van der Waals surface area contributed by atoms with Crippen molar-refractivity contribution in [2.75, 3.05) is 27.2 Å². The Hall–Kier alpha value is -0.100. The van der Waals surface area contributed by atoms with Gasteiger partial charge in [0.15, 0.2) is 0 Å². The molecule has 0 fully saturated rings. The van der Waals surface area contributed by atoms with Gasteiger partial charge >= 0.3 is 29.6 Å². The van der Waals surface area contributed by atoms with E-state index in [1.165, 1.54) is 146 Å². The molecule has 0 amide bonds. The minimum absolute atomic E-state index is 0. The van der Waals surface area contributed by atoms with Gasteiger partial charge in [-0.1, -0.05) is 117 Å². The fourth-order valence-electron chi connectivity index (χ4n) is 4.71. The number of nitrogens with zero attached hydrogens (tertiary/aromatic N) is 1. The summed E-state index contributed by atoms with van der Waals surface area (Å²) in [5.41, 5.74) is 0. The number of carboxylic acid groups (broad SMARTS) is 2. The molecule has 0 unspecified atom stereocenters. The zero-order chi connectivity index (χ0) is 28.0. The SMILES string of the molecule is CCCCCCCCCCCC[N+](C)(C)CCCCCCCCCCCC.O=C([O-])CCCCC(=O)[O-].[Na+]. The second kappa shape index (κ2) is 33.1. The van der Waals surface area contributed by atoms with Gasteiger partial charge in [-0.3, -0.25) is 0 Å². The van der Waals surface area contributed by atoms with E-state index < -0.39 is 11.9 Å². The molecule has 0 radical (unpaired) electrons. The number of aliphatic carboxylic acids is 2. The molecule has 0 bridgehead atoms. The van der Waals surface area contributed by atoms with E-state index in [9.17, 15) is 19.8 Å². The molecule has 0 aromatic carbocycles. The third-order valence-corrected chi connectivity index (χ3v) is 7.25. The maximum Gasteiger partial charge on any atom is 1.00 e. The van der Waals surface area contributed by atoms with Crippen LogP contribution < -0.4 is 39.8 Å². The summed E-state index contributed by atoms with van der Waals surface area (Å²) in [6, 6.07) is 0. The van der Waals surface area contributed by atoms with Crippen LogP contribution in [0, 0.1) is 0 Å². The molecule has 0 aliphatic carbocycles. The van der Waals surface area contributed by atoms with Gasteiger partial charge in [0.05, 0.1) is 27.2 Å². The van der Waals surface area contributed by atoms with Crippen LogP contribution in [0.3, 0.4) is 0 Å². The molecular formula is C32H64NNaO4. The molecule has 0 saturated heterocycles. The van der Waals surface area contributed by atoms with E-state index >= 15 is 0 Å². The monoisotopic (exact) mass is 549 g/mol. The molecule has 0 heterocycles. The average Bonchev–Trinajstić information content (AvgIpc) is 2.84. The van der Waals surface area contributed by atoms with Gasteiger partial charge in [0.1, 0.15) is 0 Å². The van der Waals surface area contributed by atoms with Gasteiger partial charge in [0, 0.05) is 11.9 Å². The van der Waals surface area contributed by atoms with Gasteiger partial charge < -0.3 is 24.3 Å². The van der Waals surface area contributed by atoms with Gasteiger partial charge in [0.25, 0.3) is 0 Å². The normalized spacial score (nSPS) is 10.9. The fourth-order valence-corrected chi connectivity index (χ4v) is 4.71. The van der Waals surface area contributed by atoms with Crippen molar-refractivity contribution in [1.29, 1.82) is 0 Å². The first kappa shape index (κ1) is 42.4. The van der Waals surface area contributed by atoms with E-state index in [0.29, 0.717) is 12.8 Å². The van der Waals surface area contributed by atoms with Crippen LogP contribution in [0.4, 0.5) is 0 Å². The molecule has 0 saturated carbocycles. The summed E-state index contributed by atoms with van der Waals surface area (Å²) in [7, 11) is 4.89. The van der Waals surface area contributed by atoms with Crippen molar-refractivity contribution in [3.8, 4) is 0 Å². The fraction of sp³-hybridized carbons (Fsp3) is 0.938. The molecule has 0 spiro atoms. The molecule has 0 rings (SSSR count). The van der Waals surface area contributed by atoms with Crippen molar-refractivity contribution in [3.63, 3.8) is 0 Å². The largest absolute Gasteiger partial charge is 1.00 e. The van der Waals surface area contributed by atoms with Gasteiger partial charge in [-0.05, 0) is 51.4 Å². The maximum absolute atomic E-state index is 9.77. The first-order chi connectivity index (χ1) is 17.7. The molecule has 5 nitrogen and oxygen atoms in total. The molecular weight excluding hydrogens is 485 g/mol. The Morgan fingerprint density at radius 1 is 0.447 bits per heavy atom. The number of hydrogen-bond acceptors (Lipinski definition) is 4. The summed E-state index contributed by atoms with van der Waals surface area (Å²) in [6.07, 6.45) is 29.5. The molecule has 0 aromatic rings. The van der Waals surface area contributed by atoms with Gasteiger partial charge in [0.2, 0.25) is 0 Å². The Morgan fingerprint density at radius 3 is 0.921 bits per heavy atom. The van der Waals surface area contributed by atoms with E-state index in [0.717, 1.165) is 0 Å². The second-order valence-corrected chi connectivity index (χ2v) is 11.7. The quantitative estimate of drug-likeness (QED) is 0.0883. The number of carbonyl (C=O) groups is 2. The third kappa shape index (κ3) is 40.4. The maximum atomic E-state index is 9.77. The van der Waals surface area contributed by atoms with Crippen molar-refractivity contribution in [3.05, 3.63) is 0 Å². The smallest absolute Gasteiger partial charge is 0.550 e. The van der Waals surface area contributed by atoms with E-state index in [1.807, 2.05) is 0 Å². The zero-order valence-electron chi connectivity index (χ0n) is 26.5. The number of quaternary nitrogens is 1. The molecule has 222 valence electrons. The van der Waals surface area contributed by atoms with E-state index in [4.69, 9.17) is 0 Å². The molecule has 0 aromatic heterocycles. The van der Waals surface area contributed by atoms with Crippen LogP contribution >= 0.6 is 0 Å². The predicted octanol–water partition coefficient (Wildman–Crippen LogP) is 3.96. The zero-order valence-corrected chi connectivity index (χ0v) is 28.5. The minimum atomic E-state index is -1.14. The number of rotatable bonds is 27. The van der Waals surface area contributed by atoms with Crippen LogP contribution in [0.25, 0.3) is 0 Å². The molecule has 6 heteroatoms. The second-order valence-electron chi connectivity index (χ2n) is 11.7. The molecule has 0 aliphatic rings. The van der Waals surface area contributed by atoms with Crippen LogP contribution in [-0.2, 0) is 9.59 Å². The Bertz CT molecular complexity index is 458. The van der Waals surface area contributed by atoms with Crippen molar-refractivity contribution in [2.45, 2.75) is 168 Å². The predicted molar refractivity (Wildman–Crippen MR) is 154 cm³/mol. The molecule has 38 heavy (non-hydrogen) atoms. The van der Waals surface area contributed by atoms with Crippen LogP contribution in [-0.4, -0.2) is 43.6 Å². The van der Waals surface area contributed by atoms with Crippen molar-refractivity contribution in [1.82, 2.24) is 0 Å². The summed E-state index contributed by atoms with van der Waals surface area (Å²) < 4.78 is 1.24. The van der Waals surface area contributed by atoms with Crippen molar-refractivity contribution >= 4 is 11.9 Å². The Labute approximate surface area is 259 Å². The first-order valence-corrected chi connectivity index (χ1v) is 16.0. The Balaban J connectivity index is -0.000000940. The van der Waals surface area contributed by atoms with Gasteiger partial charge in [-0.25, -0.2) is 0 Å². The summed E-state index contributed by atoms with van der Waals surface area (Å²) >= 11 is 0. The number of hydrogen-bond donors (Lipinski definition) is 0. The number of unbranched alkanes of at least 4 members (excludes halogenated alkanes) is 19. The topological polar surface area (TPSA) is 80.3 Å². The summed E-state index contributed by atoms with van der Waals surface area (Å²) in [5, 5.41) is 19.5. The average molecular weight is 550 g/mol. The Kier molecular flexibility index (Phi) is 36.9. The summed E-state index contributed by atoms with van der Waals surface area (Å²) in [5.74, 6) is -2.28. The summed E-state index contributed by atoms with van der Waals surface area (Å²) in [4.78, 5) is 19.5. The van der Waals surface area contributed by atoms with Crippen molar-refractivity contribution < 1.29 is 53.8 Å².